The van der Waals surface area contributed by atoms with Crippen LogP contribution >= 0.6 is 7.26 Å². The fraction of sp³-hybridized carbons (Fsp3) is 0.684. The van der Waals surface area contributed by atoms with Crippen LogP contribution in [-0.2, 0) is 6.16 Å². The van der Waals surface area contributed by atoms with E-state index in [1.165, 1.54) is 63.2 Å². The van der Waals surface area contributed by atoms with Crippen molar-refractivity contribution in [2.24, 2.45) is 0 Å². The highest BCUT2D eigenvalue weighted by molar-refractivity contribution is 7.75. The van der Waals surface area contributed by atoms with E-state index in [1.54, 1.807) is 5.56 Å². The van der Waals surface area contributed by atoms with Crippen LogP contribution in [0.4, 0.5) is 0 Å². The molecule has 0 aromatic heterocycles. The molecule has 0 aliphatic rings. The number of benzene rings is 1. The topological polar surface area (TPSA) is 0 Å². The largest absolute Gasteiger partial charge is 0.0842 e. The Morgan fingerprint density at radius 3 is 1.55 bits per heavy atom. The van der Waals surface area contributed by atoms with Gasteiger partial charge in [0.15, 0.2) is 0 Å². The van der Waals surface area contributed by atoms with Crippen molar-refractivity contribution in [3.05, 3.63) is 35.9 Å². The SMILES string of the molecule is CCCC[P+](CCCC)(CCCC)Cc1ccccc1. The van der Waals surface area contributed by atoms with Gasteiger partial charge in [0.05, 0.1) is 24.6 Å². The molecule has 0 saturated carbocycles. The highest BCUT2D eigenvalue weighted by atomic mass is 31.2. The molecule has 0 unspecified atom stereocenters. The summed E-state index contributed by atoms with van der Waals surface area (Å²) >= 11 is 0. The van der Waals surface area contributed by atoms with E-state index in [-0.39, 0.29) is 0 Å². The van der Waals surface area contributed by atoms with E-state index in [0.29, 0.717) is 0 Å². The summed E-state index contributed by atoms with van der Waals surface area (Å²) < 4.78 is 0. The summed E-state index contributed by atoms with van der Waals surface area (Å²) in [6, 6.07) is 11.3. The Balaban J connectivity index is 2.81. The molecule has 1 aromatic rings. The Bertz CT molecular complexity index is 309. The first kappa shape index (κ1) is 17.7. The molecule has 0 aliphatic heterocycles. The minimum absolute atomic E-state index is 0.768. The average molecular weight is 293 g/mol. The minimum Gasteiger partial charge on any atom is -0.0652 e. The molecule has 0 amide bonds. The van der Waals surface area contributed by atoms with Crippen LogP contribution in [0, 0.1) is 0 Å². The summed E-state index contributed by atoms with van der Waals surface area (Å²) in [6.07, 6.45) is 14.4. The van der Waals surface area contributed by atoms with Crippen LogP contribution in [0.15, 0.2) is 30.3 Å². The lowest BCUT2D eigenvalue weighted by molar-refractivity contribution is 0.832. The van der Waals surface area contributed by atoms with E-state index in [4.69, 9.17) is 0 Å². The van der Waals surface area contributed by atoms with Gasteiger partial charge in [-0.2, -0.15) is 0 Å². The summed E-state index contributed by atoms with van der Waals surface area (Å²) in [7, 11) is -0.768. The lowest BCUT2D eigenvalue weighted by Gasteiger charge is -2.28. The molecule has 1 rings (SSSR count). The predicted octanol–water partition coefficient (Wildman–Crippen LogP) is 6.60. The monoisotopic (exact) mass is 293 g/mol. The molecule has 20 heavy (non-hydrogen) atoms. The lowest BCUT2D eigenvalue weighted by Crippen LogP contribution is -2.11. The zero-order valence-electron chi connectivity index (χ0n) is 13.9. The molecular formula is C19H34P+. The first-order chi connectivity index (χ1) is 9.76. The molecule has 0 N–H and O–H groups in total. The fourth-order valence-corrected chi connectivity index (χ4v) is 8.12. The van der Waals surface area contributed by atoms with Crippen molar-refractivity contribution in [1.29, 1.82) is 0 Å². The molecule has 1 heteroatoms. The maximum absolute atomic E-state index is 2.35. The van der Waals surface area contributed by atoms with Crippen LogP contribution in [0.25, 0.3) is 0 Å². The van der Waals surface area contributed by atoms with E-state index in [1.807, 2.05) is 0 Å². The second-order valence-corrected chi connectivity index (χ2v) is 10.6. The van der Waals surface area contributed by atoms with Gasteiger partial charge in [0, 0.05) is 7.26 Å². The van der Waals surface area contributed by atoms with Crippen LogP contribution in [0.3, 0.4) is 0 Å². The third kappa shape index (κ3) is 6.40. The highest BCUT2D eigenvalue weighted by Gasteiger charge is 2.35. The van der Waals surface area contributed by atoms with E-state index >= 15 is 0 Å². The standard InChI is InChI=1S/C19H34P/c1-4-7-15-20(16-8-5-2,17-9-6-3)18-19-13-11-10-12-14-19/h10-14H,4-9,15-18H2,1-3H3/q+1. The van der Waals surface area contributed by atoms with E-state index < -0.39 is 7.26 Å². The highest BCUT2D eigenvalue weighted by Crippen LogP contribution is 2.63. The minimum atomic E-state index is -0.768. The van der Waals surface area contributed by atoms with Crippen LogP contribution in [-0.4, -0.2) is 18.5 Å². The maximum atomic E-state index is 2.35. The molecule has 0 aliphatic carbocycles. The molecule has 0 fully saturated rings. The van der Waals surface area contributed by atoms with Gasteiger partial charge in [-0.25, -0.2) is 0 Å². The van der Waals surface area contributed by atoms with Crippen molar-refractivity contribution in [3.8, 4) is 0 Å². The first-order valence-corrected chi connectivity index (χ1v) is 11.2. The van der Waals surface area contributed by atoms with Gasteiger partial charge in [-0.15, -0.1) is 0 Å². The molecule has 0 bridgehead atoms. The molecular weight excluding hydrogens is 259 g/mol. The zero-order valence-corrected chi connectivity index (χ0v) is 14.8. The van der Waals surface area contributed by atoms with Crippen molar-refractivity contribution in [1.82, 2.24) is 0 Å². The molecule has 0 saturated heterocycles. The first-order valence-electron chi connectivity index (χ1n) is 8.65. The molecule has 0 radical (unpaired) electrons. The van der Waals surface area contributed by atoms with E-state index in [9.17, 15) is 0 Å². The van der Waals surface area contributed by atoms with Gasteiger partial charge < -0.3 is 0 Å². The number of hydrogen-bond acceptors (Lipinski definition) is 0. The van der Waals surface area contributed by atoms with Crippen molar-refractivity contribution in [2.75, 3.05) is 18.5 Å². The number of unbranched alkanes of at least 4 members (excludes halogenated alkanes) is 3. The Morgan fingerprint density at radius 2 is 1.15 bits per heavy atom. The van der Waals surface area contributed by atoms with Gasteiger partial charge in [0.25, 0.3) is 0 Å². The van der Waals surface area contributed by atoms with Gasteiger partial charge in [-0.1, -0.05) is 70.4 Å². The summed E-state index contributed by atoms with van der Waals surface area (Å²) in [4.78, 5) is 0. The molecule has 1 aromatic carbocycles. The van der Waals surface area contributed by atoms with Crippen LogP contribution in [0.2, 0.25) is 0 Å². The maximum Gasteiger partial charge on any atom is 0.0842 e. The quantitative estimate of drug-likeness (QED) is 0.403. The van der Waals surface area contributed by atoms with Gasteiger partial charge in [-0.05, 0) is 24.8 Å². The molecule has 0 atom stereocenters. The van der Waals surface area contributed by atoms with Crippen LogP contribution in [0.5, 0.6) is 0 Å². The predicted molar refractivity (Wildman–Crippen MR) is 96.4 cm³/mol. The van der Waals surface area contributed by atoms with Gasteiger partial charge in [0.1, 0.15) is 0 Å². The summed E-state index contributed by atoms with van der Waals surface area (Å²) in [5.74, 6) is 0. The molecule has 0 nitrogen and oxygen atoms in total. The Hall–Kier alpha value is -0.350. The average Bonchev–Trinajstić information content (AvgIpc) is 2.49. The Labute approximate surface area is 127 Å². The van der Waals surface area contributed by atoms with Crippen molar-refractivity contribution in [3.63, 3.8) is 0 Å². The van der Waals surface area contributed by atoms with Gasteiger partial charge >= 0.3 is 0 Å². The normalized spacial score (nSPS) is 11.8. The number of hydrogen-bond donors (Lipinski definition) is 0. The second kappa shape index (κ2) is 10.4. The zero-order chi connectivity index (χ0) is 14.7. The van der Waals surface area contributed by atoms with Crippen molar-refractivity contribution < 1.29 is 0 Å². The summed E-state index contributed by atoms with van der Waals surface area (Å²) in [6.45, 7) is 7.03. The van der Waals surface area contributed by atoms with E-state index in [2.05, 4.69) is 51.1 Å². The van der Waals surface area contributed by atoms with Crippen LogP contribution < -0.4 is 0 Å². The van der Waals surface area contributed by atoms with Crippen LogP contribution in [0.1, 0.15) is 64.9 Å². The Kier molecular flexibility index (Phi) is 9.19. The second-order valence-electron chi connectivity index (χ2n) is 6.22. The Morgan fingerprint density at radius 1 is 0.700 bits per heavy atom. The molecule has 0 spiro atoms. The lowest BCUT2D eigenvalue weighted by atomic mass is 10.2. The third-order valence-corrected chi connectivity index (χ3v) is 9.15. The smallest absolute Gasteiger partial charge is 0.0652 e. The number of rotatable bonds is 11. The van der Waals surface area contributed by atoms with Crippen molar-refractivity contribution in [2.45, 2.75) is 65.5 Å². The summed E-state index contributed by atoms with van der Waals surface area (Å²) in [5, 5.41) is 0. The fourth-order valence-electron chi connectivity index (χ4n) is 3.02. The van der Waals surface area contributed by atoms with Gasteiger partial charge in [-0.3, -0.25) is 0 Å². The molecule has 0 heterocycles. The van der Waals surface area contributed by atoms with Crippen molar-refractivity contribution >= 4 is 7.26 Å². The molecule has 114 valence electrons. The third-order valence-electron chi connectivity index (χ3n) is 4.32. The summed E-state index contributed by atoms with van der Waals surface area (Å²) in [5.41, 5.74) is 1.59. The van der Waals surface area contributed by atoms with E-state index in [0.717, 1.165) is 0 Å². The van der Waals surface area contributed by atoms with Gasteiger partial charge in [0.2, 0.25) is 0 Å².